The Bertz CT molecular complexity index is 413. The quantitative estimate of drug-likeness (QED) is 0.861. The number of ether oxygens (including phenoxy) is 1. The van der Waals surface area contributed by atoms with Crippen molar-refractivity contribution in [3.8, 4) is 5.75 Å². The van der Waals surface area contributed by atoms with Crippen LogP contribution in [0.3, 0.4) is 0 Å². The molecule has 1 atom stereocenters. The molecule has 3 heteroatoms. The predicted octanol–water partition coefficient (Wildman–Crippen LogP) is 2.93. The van der Waals surface area contributed by atoms with Crippen LogP contribution in [0.25, 0.3) is 0 Å². The van der Waals surface area contributed by atoms with E-state index in [-0.39, 0.29) is 18.1 Å². The zero-order valence-electron chi connectivity index (χ0n) is 9.88. The van der Waals surface area contributed by atoms with Crippen LogP contribution >= 0.6 is 11.6 Å². The fourth-order valence-electron chi connectivity index (χ4n) is 1.97. The third-order valence-electron chi connectivity index (χ3n) is 3.12. The van der Waals surface area contributed by atoms with Gasteiger partial charge in [-0.3, -0.25) is 0 Å². The lowest BCUT2D eigenvalue weighted by Crippen LogP contribution is -2.22. The van der Waals surface area contributed by atoms with Gasteiger partial charge in [0.1, 0.15) is 11.9 Å². The molecule has 1 heterocycles. The largest absolute Gasteiger partial charge is 0.489 e. The van der Waals surface area contributed by atoms with Crippen LogP contribution in [0.1, 0.15) is 31.9 Å². The smallest absolute Gasteiger partial charge is 0.141 e. The third-order valence-corrected chi connectivity index (χ3v) is 3.40. The van der Waals surface area contributed by atoms with Crippen LogP contribution in [0.4, 0.5) is 0 Å². The first-order chi connectivity index (χ1) is 7.44. The Morgan fingerprint density at radius 3 is 2.81 bits per heavy atom. The molecular formula is C13H17ClO2. The van der Waals surface area contributed by atoms with E-state index in [9.17, 15) is 5.11 Å². The van der Waals surface area contributed by atoms with Crippen molar-refractivity contribution in [1.29, 1.82) is 0 Å². The van der Waals surface area contributed by atoms with Gasteiger partial charge in [-0.15, -0.1) is 0 Å². The molecule has 1 N–H and O–H groups in total. The molecule has 0 aliphatic carbocycles. The first kappa shape index (κ1) is 11.7. The molecular weight excluding hydrogens is 224 g/mol. The average molecular weight is 241 g/mol. The number of hydrogen-bond donors (Lipinski definition) is 1. The molecule has 1 unspecified atom stereocenters. The SMILES string of the molecule is CC1Cc2cc(C(C)(C)CO)cc(Cl)c2O1. The summed E-state index contributed by atoms with van der Waals surface area (Å²) in [7, 11) is 0. The minimum atomic E-state index is -0.259. The lowest BCUT2D eigenvalue weighted by molar-refractivity contribution is 0.218. The standard InChI is InChI=1S/C13H17ClO2/c1-8-4-9-5-10(13(2,3)7-15)6-11(14)12(9)16-8/h5-6,8,15H,4,7H2,1-3H3. The maximum absolute atomic E-state index is 9.36. The zero-order valence-corrected chi connectivity index (χ0v) is 10.6. The van der Waals surface area contributed by atoms with Gasteiger partial charge in [-0.25, -0.2) is 0 Å². The lowest BCUT2D eigenvalue weighted by atomic mass is 9.84. The summed E-state index contributed by atoms with van der Waals surface area (Å²) in [6, 6.07) is 4.00. The fraction of sp³-hybridized carbons (Fsp3) is 0.538. The highest BCUT2D eigenvalue weighted by Crippen LogP contribution is 2.39. The zero-order chi connectivity index (χ0) is 11.9. The second-order valence-electron chi connectivity index (χ2n) is 5.12. The topological polar surface area (TPSA) is 29.5 Å². The van der Waals surface area contributed by atoms with Crippen molar-refractivity contribution in [1.82, 2.24) is 0 Å². The monoisotopic (exact) mass is 240 g/mol. The van der Waals surface area contributed by atoms with Crippen molar-refractivity contribution in [2.75, 3.05) is 6.61 Å². The van der Waals surface area contributed by atoms with Crippen molar-refractivity contribution in [2.24, 2.45) is 0 Å². The number of aliphatic hydroxyl groups is 1. The van der Waals surface area contributed by atoms with Gasteiger partial charge in [-0.2, -0.15) is 0 Å². The molecule has 16 heavy (non-hydrogen) atoms. The summed E-state index contributed by atoms with van der Waals surface area (Å²) in [5.41, 5.74) is 1.96. The summed E-state index contributed by atoms with van der Waals surface area (Å²) in [5.74, 6) is 0.812. The minimum absolute atomic E-state index is 0.110. The molecule has 0 spiro atoms. The van der Waals surface area contributed by atoms with Gasteiger partial charge in [0.05, 0.1) is 11.6 Å². The van der Waals surface area contributed by atoms with Crippen molar-refractivity contribution in [2.45, 2.75) is 38.7 Å². The van der Waals surface area contributed by atoms with Gasteiger partial charge in [-0.05, 0) is 24.1 Å². The molecule has 0 aromatic heterocycles. The van der Waals surface area contributed by atoms with Gasteiger partial charge in [0.15, 0.2) is 0 Å². The Labute approximate surface area is 101 Å². The molecule has 0 saturated heterocycles. The van der Waals surface area contributed by atoms with Gasteiger partial charge in [-0.1, -0.05) is 31.5 Å². The van der Waals surface area contributed by atoms with Gasteiger partial charge in [0, 0.05) is 11.8 Å². The van der Waals surface area contributed by atoms with Crippen LogP contribution in [-0.4, -0.2) is 17.8 Å². The van der Waals surface area contributed by atoms with E-state index in [0.717, 1.165) is 23.3 Å². The highest BCUT2D eigenvalue weighted by Gasteiger charge is 2.27. The summed E-state index contributed by atoms with van der Waals surface area (Å²) < 4.78 is 5.64. The number of rotatable bonds is 2. The summed E-state index contributed by atoms with van der Waals surface area (Å²) >= 11 is 6.20. The van der Waals surface area contributed by atoms with Gasteiger partial charge < -0.3 is 9.84 Å². The average Bonchev–Trinajstić information content (AvgIpc) is 2.59. The van der Waals surface area contributed by atoms with E-state index in [1.165, 1.54) is 0 Å². The Kier molecular flexibility index (Phi) is 2.89. The molecule has 0 amide bonds. The first-order valence-electron chi connectivity index (χ1n) is 5.54. The summed E-state index contributed by atoms with van der Waals surface area (Å²) in [6.07, 6.45) is 1.09. The minimum Gasteiger partial charge on any atom is -0.489 e. The van der Waals surface area contributed by atoms with E-state index in [4.69, 9.17) is 16.3 Å². The van der Waals surface area contributed by atoms with Crippen LogP contribution in [0, 0.1) is 0 Å². The lowest BCUT2D eigenvalue weighted by Gasteiger charge is -2.23. The molecule has 1 aromatic rings. The molecule has 0 radical (unpaired) electrons. The van der Waals surface area contributed by atoms with Gasteiger partial charge in [0.25, 0.3) is 0 Å². The van der Waals surface area contributed by atoms with E-state index in [2.05, 4.69) is 6.07 Å². The van der Waals surface area contributed by atoms with E-state index in [1.54, 1.807) is 0 Å². The van der Waals surface area contributed by atoms with Gasteiger partial charge in [0.2, 0.25) is 0 Å². The molecule has 2 nitrogen and oxygen atoms in total. The van der Waals surface area contributed by atoms with Gasteiger partial charge >= 0.3 is 0 Å². The number of halogens is 1. The van der Waals surface area contributed by atoms with Crippen LogP contribution in [0.5, 0.6) is 5.75 Å². The van der Waals surface area contributed by atoms with E-state index >= 15 is 0 Å². The van der Waals surface area contributed by atoms with Crippen LogP contribution in [0.15, 0.2) is 12.1 Å². The van der Waals surface area contributed by atoms with Crippen molar-refractivity contribution in [3.05, 3.63) is 28.3 Å². The number of hydrogen-bond acceptors (Lipinski definition) is 2. The number of benzene rings is 1. The van der Waals surface area contributed by atoms with Crippen molar-refractivity contribution >= 4 is 11.6 Å². The molecule has 0 bridgehead atoms. The van der Waals surface area contributed by atoms with E-state index < -0.39 is 0 Å². The Balaban J connectivity index is 2.46. The van der Waals surface area contributed by atoms with Crippen LogP contribution in [0.2, 0.25) is 5.02 Å². The maximum Gasteiger partial charge on any atom is 0.141 e. The Morgan fingerprint density at radius 1 is 1.50 bits per heavy atom. The predicted molar refractivity (Wildman–Crippen MR) is 65.4 cm³/mol. The third kappa shape index (κ3) is 1.92. The molecule has 0 fully saturated rings. The normalized spacial score (nSPS) is 19.4. The summed E-state index contributed by atoms with van der Waals surface area (Å²) in [6.45, 7) is 6.15. The van der Waals surface area contributed by atoms with Crippen LogP contribution in [-0.2, 0) is 11.8 Å². The van der Waals surface area contributed by atoms with Crippen molar-refractivity contribution < 1.29 is 9.84 Å². The maximum atomic E-state index is 9.36. The molecule has 2 rings (SSSR count). The Morgan fingerprint density at radius 2 is 2.19 bits per heavy atom. The van der Waals surface area contributed by atoms with Crippen molar-refractivity contribution in [3.63, 3.8) is 0 Å². The van der Waals surface area contributed by atoms with E-state index in [0.29, 0.717) is 5.02 Å². The Hall–Kier alpha value is -0.730. The molecule has 1 aliphatic heterocycles. The summed E-state index contributed by atoms with van der Waals surface area (Å²) in [4.78, 5) is 0. The number of aliphatic hydroxyl groups excluding tert-OH is 1. The fourth-order valence-corrected chi connectivity index (χ4v) is 2.25. The first-order valence-corrected chi connectivity index (χ1v) is 5.92. The second-order valence-corrected chi connectivity index (χ2v) is 5.53. The highest BCUT2D eigenvalue weighted by molar-refractivity contribution is 6.32. The number of fused-ring (bicyclic) bond motifs is 1. The second kappa shape index (κ2) is 3.94. The molecule has 1 aromatic carbocycles. The van der Waals surface area contributed by atoms with Crippen LogP contribution < -0.4 is 4.74 Å². The molecule has 88 valence electrons. The summed E-state index contributed by atoms with van der Waals surface area (Å²) in [5, 5.41) is 10.0. The highest BCUT2D eigenvalue weighted by atomic mass is 35.5. The molecule has 1 aliphatic rings. The molecule has 0 saturated carbocycles. The van der Waals surface area contributed by atoms with E-state index in [1.807, 2.05) is 26.8 Å².